The molecule has 0 bridgehead atoms. The van der Waals surface area contributed by atoms with Gasteiger partial charge in [-0.15, -0.1) is 0 Å². The molecule has 3 nitrogen and oxygen atoms in total. The first-order chi connectivity index (χ1) is 5.77. The summed E-state index contributed by atoms with van der Waals surface area (Å²) in [5.41, 5.74) is 2.14. The van der Waals surface area contributed by atoms with E-state index in [1.54, 1.807) is 0 Å². The third-order valence-corrected chi connectivity index (χ3v) is 1.98. The fourth-order valence-electron chi connectivity index (χ4n) is 1.16. The standard InChI is InChI=1S/C9H11NO2/c1-6-5-8-9(10-7(6)2)12-4-3-11-8/h5H,3-4H2,1-2H3. The fraction of sp³-hybridized carbons (Fsp3) is 0.444. The molecular formula is C9H11NO2. The maximum absolute atomic E-state index is 5.37. The number of nitrogens with zero attached hydrogens (tertiary/aromatic N) is 1. The largest absolute Gasteiger partial charge is 0.484 e. The molecule has 12 heavy (non-hydrogen) atoms. The predicted molar refractivity (Wildman–Crippen MR) is 44.7 cm³/mol. The molecule has 0 radical (unpaired) electrons. The van der Waals surface area contributed by atoms with Crippen LogP contribution in [0.25, 0.3) is 0 Å². The van der Waals surface area contributed by atoms with E-state index in [9.17, 15) is 0 Å². The Morgan fingerprint density at radius 3 is 2.83 bits per heavy atom. The van der Waals surface area contributed by atoms with Crippen LogP contribution in [-0.2, 0) is 0 Å². The lowest BCUT2D eigenvalue weighted by Crippen LogP contribution is -2.16. The van der Waals surface area contributed by atoms with Crippen molar-refractivity contribution in [2.45, 2.75) is 13.8 Å². The molecule has 0 atom stereocenters. The van der Waals surface area contributed by atoms with Gasteiger partial charge in [0.15, 0.2) is 5.75 Å². The Hall–Kier alpha value is -1.25. The molecule has 0 spiro atoms. The molecular weight excluding hydrogens is 154 g/mol. The lowest BCUT2D eigenvalue weighted by Gasteiger charge is -2.18. The normalized spacial score (nSPS) is 14.5. The van der Waals surface area contributed by atoms with Gasteiger partial charge in [-0.1, -0.05) is 0 Å². The number of hydrogen-bond donors (Lipinski definition) is 0. The maximum Gasteiger partial charge on any atom is 0.257 e. The Bertz CT molecular complexity index is 279. The van der Waals surface area contributed by atoms with Gasteiger partial charge in [0.1, 0.15) is 13.2 Å². The highest BCUT2D eigenvalue weighted by atomic mass is 16.6. The quantitative estimate of drug-likeness (QED) is 0.583. The summed E-state index contributed by atoms with van der Waals surface area (Å²) in [5, 5.41) is 0. The highest BCUT2D eigenvalue weighted by molar-refractivity contribution is 5.39. The van der Waals surface area contributed by atoms with Crippen LogP contribution in [0.2, 0.25) is 0 Å². The zero-order chi connectivity index (χ0) is 8.55. The molecule has 0 saturated heterocycles. The van der Waals surface area contributed by atoms with E-state index in [2.05, 4.69) is 4.98 Å². The van der Waals surface area contributed by atoms with E-state index in [0.29, 0.717) is 19.1 Å². The van der Waals surface area contributed by atoms with Crippen LogP contribution in [0.1, 0.15) is 11.3 Å². The van der Waals surface area contributed by atoms with Gasteiger partial charge in [-0.2, -0.15) is 0 Å². The van der Waals surface area contributed by atoms with Crippen molar-refractivity contribution < 1.29 is 9.47 Å². The van der Waals surface area contributed by atoms with Gasteiger partial charge in [0.25, 0.3) is 5.88 Å². The molecule has 0 fully saturated rings. The molecule has 0 amide bonds. The Balaban J connectivity index is 2.49. The van der Waals surface area contributed by atoms with Crippen LogP contribution in [0.15, 0.2) is 6.07 Å². The Kier molecular flexibility index (Phi) is 1.64. The van der Waals surface area contributed by atoms with Gasteiger partial charge in [-0.3, -0.25) is 0 Å². The van der Waals surface area contributed by atoms with Gasteiger partial charge in [-0.05, 0) is 25.5 Å². The van der Waals surface area contributed by atoms with Crippen molar-refractivity contribution in [2.75, 3.05) is 13.2 Å². The molecule has 0 N–H and O–H groups in total. The van der Waals surface area contributed by atoms with Crippen molar-refractivity contribution in [3.8, 4) is 11.6 Å². The second kappa shape index (κ2) is 2.66. The third kappa shape index (κ3) is 1.11. The van der Waals surface area contributed by atoms with Crippen LogP contribution < -0.4 is 9.47 Å². The summed E-state index contributed by atoms with van der Waals surface area (Å²) in [4.78, 5) is 4.27. The molecule has 1 aliphatic heterocycles. The van der Waals surface area contributed by atoms with E-state index >= 15 is 0 Å². The van der Waals surface area contributed by atoms with Crippen molar-refractivity contribution >= 4 is 0 Å². The van der Waals surface area contributed by atoms with Crippen molar-refractivity contribution in [3.05, 3.63) is 17.3 Å². The number of rotatable bonds is 0. The summed E-state index contributed by atoms with van der Waals surface area (Å²) in [6, 6.07) is 1.97. The average molecular weight is 165 g/mol. The molecule has 0 aliphatic carbocycles. The number of ether oxygens (including phenoxy) is 2. The zero-order valence-electron chi connectivity index (χ0n) is 7.26. The number of aromatic nitrogens is 1. The molecule has 2 heterocycles. The van der Waals surface area contributed by atoms with E-state index in [0.717, 1.165) is 17.0 Å². The van der Waals surface area contributed by atoms with Gasteiger partial charge in [-0.25, -0.2) is 4.98 Å². The summed E-state index contributed by atoms with van der Waals surface area (Å²) in [6.07, 6.45) is 0. The molecule has 1 aromatic rings. The van der Waals surface area contributed by atoms with Gasteiger partial charge in [0.05, 0.1) is 0 Å². The highest BCUT2D eigenvalue weighted by Crippen LogP contribution is 2.29. The van der Waals surface area contributed by atoms with Crippen LogP contribution in [0.3, 0.4) is 0 Å². The van der Waals surface area contributed by atoms with Gasteiger partial charge in [0, 0.05) is 5.69 Å². The van der Waals surface area contributed by atoms with Crippen LogP contribution >= 0.6 is 0 Å². The molecule has 1 aliphatic rings. The fourth-order valence-corrected chi connectivity index (χ4v) is 1.16. The molecule has 1 aromatic heterocycles. The molecule has 0 aromatic carbocycles. The van der Waals surface area contributed by atoms with Gasteiger partial charge in [0.2, 0.25) is 0 Å². The monoisotopic (exact) mass is 165 g/mol. The second-order valence-electron chi connectivity index (χ2n) is 2.89. The first kappa shape index (κ1) is 7.40. The summed E-state index contributed by atoms with van der Waals surface area (Å²) < 4.78 is 10.7. The van der Waals surface area contributed by atoms with E-state index < -0.39 is 0 Å². The van der Waals surface area contributed by atoms with Gasteiger partial charge >= 0.3 is 0 Å². The molecule has 0 unspecified atom stereocenters. The lowest BCUT2D eigenvalue weighted by molar-refractivity contribution is 0.164. The van der Waals surface area contributed by atoms with Crippen LogP contribution in [0.4, 0.5) is 0 Å². The minimum Gasteiger partial charge on any atom is -0.484 e. The maximum atomic E-state index is 5.37. The molecule has 3 heteroatoms. The van der Waals surface area contributed by atoms with E-state index in [1.807, 2.05) is 19.9 Å². The van der Waals surface area contributed by atoms with Crippen LogP contribution in [0.5, 0.6) is 11.6 Å². The molecule has 0 saturated carbocycles. The minimum absolute atomic E-state index is 0.600. The second-order valence-corrected chi connectivity index (χ2v) is 2.89. The third-order valence-electron chi connectivity index (χ3n) is 1.98. The Morgan fingerprint density at radius 2 is 2.00 bits per heavy atom. The topological polar surface area (TPSA) is 31.4 Å². The summed E-state index contributed by atoms with van der Waals surface area (Å²) in [5.74, 6) is 1.40. The summed E-state index contributed by atoms with van der Waals surface area (Å²) in [6.45, 7) is 5.20. The van der Waals surface area contributed by atoms with Gasteiger partial charge < -0.3 is 9.47 Å². The Labute approximate surface area is 71.3 Å². The first-order valence-corrected chi connectivity index (χ1v) is 4.01. The zero-order valence-corrected chi connectivity index (χ0v) is 7.26. The number of aryl methyl sites for hydroxylation is 2. The van der Waals surface area contributed by atoms with Crippen molar-refractivity contribution in [1.29, 1.82) is 0 Å². The lowest BCUT2D eigenvalue weighted by atomic mass is 10.2. The summed E-state index contributed by atoms with van der Waals surface area (Å²) in [7, 11) is 0. The number of pyridine rings is 1. The van der Waals surface area contributed by atoms with E-state index in [1.165, 1.54) is 0 Å². The Morgan fingerprint density at radius 1 is 1.25 bits per heavy atom. The average Bonchev–Trinajstić information content (AvgIpc) is 2.07. The van der Waals surface area contributed by atoms with E-state index in [-0.39, 0.29) is 0 Å². The van der Waals surface area contributed by atoms with Crippen LogP contribution in [0, 0.1) is 13.8 Å². The minimum atomic E-state index is 0.600. The predicted octanol–water partition coefficient (Wildman–Crippen LogP) is 1.47. The first-order valence-electron chi connectivity index (χ1n) is 4.01. The molecule has 64 valence electrons. The highest BCUT2D eigenvalue weighted by Gasteiger charge is 2.13. The van der Waals surface area contributed by atoms with Crippen molar-refractivity contribution in [1.82, 2.24) is 4.98 Å². The van der Waals surface area contributed by atoms with E-state index in [4.69, 9.17) is 9.47 Å². The number of fused-ring (bicyclic) bond motifs is 1. The molecule has 2 rings (SSSR count). The van der Waals surface area contributed by atoms with Crippen molar-refractivity contribution in [2.24, 2.45) is 0 Å². The number of hydrogen-bond acceptors (Lipinski definition) is 3. The summed E-state index contributed by atoms with van der Waals surface area (Å²) >= 11 is 0. The van der Waals surface area contributed by atoms with Crippen molar-refractivity contribution in [3.63, 3.8) is 0 Å². The van der Waals surface area contributed by atoms with Crippen LogP contribution in [-0.4, -0.2) is 18.2 Å². The smallest absolute Gasteiger partial charge is 0.257 e. The SMILES string of the molecule is Cc1cc2c(nc1C)OCCO2.